The maximum atomic E-state index is 8.89. The zero-order valence-corrected chi connectivity index (χ0v) is 5.86. The average Bonchev–Trinajstić information content (AvgIpc) is 2.04. The Kier molecular flexibility index (Phi) is 2.29. The fourth-order valence-corrected chi connectivity index (χ4v) is 0.719. The Morgan fingerprint density at radius 3 is 2.45 bits per heavy atom. The first-order valence-corrected chi connectivity index (χ1v) is 3.18. The van der Waals surface area contributed by atoms with Crippen molar-refractivity contribution in [3.8, 4) is 11.8 Å². The predicted octanol–water partition coefficient (Wildman–Crippen LogP) is 1.93. The van der Waals surface area contributed by atoms with Crippen LogP contribution < -0.4 is 0 Å². The first-order valence-electron chi connectivity index (χ1n) is 3.18. The summed E-state index contributed by atoms with van der Waals surface area (Å²) in [6.07, 6.45) is 3.08. The van der Waals surface area contributed by atoms with Crippen molar-refractivity contribution >= 4 is 6.08 Å². The second kappa shape index (κ2) is 3.43. The lowest BCUT2D eigenvalue weighted by atomic mass is 10.2. The van der Waals surface area contributed by atoms with Gasteiger partial charge in [0.1, 0.15) is 5.75 Å². The lowest BCUT2D eigenvalue weighted by molar-refractivity contribution is 0.475. The van der Waals surface area contributed by atoms with E-state index in [0.717, 1.165) is 5.56 Å². The molecule has 0 radical (unpaired) electrons. The third-order valence-electron chi connectivity index (χ3n) is 1.24. The fraction of sp³-hybridized carbons (Fsp3) is 0. The van der Waals surface area contributed by atoms with E-state index in [1.54, 1.807) is 30.3 Å². The SMILES string of the molecule is N#C/C=C\c1ccc(O)cc1. The van der Waals surface area contributed by atoms with Crippen LogP contribution in [0.2, 0.25) is 0 Å². The molecule has 0 amide bonds. The number of hydrogen-bond acceptors (Lipinski definition) is 2. The normalized spacial score (nSPS) is 9.73. The molecule has 0 bridgehead atoms. The summed E-state index contributed by atoms with van der Waals surface area (Å²) in [6, 6.07) is 8.53. The minimum atomic E-state index is 0.235. The van der Waals surface area contributed by atoms with E-state index in [1.165, 1.54) is 6.08 Å². The van der Waals surface area contributed by atoms with Gasteiger partial charge >= 0.3 is 0 Å². The highest BCUT2D eigenvalue weighted by atomic mass is 16.3. The third kappa shape index (κ3) is 2.15. The van der Waals surface area contributed by atoms with Crippen molar-refractivity contribution < 1.29 is 5.11 Å². The Bertz CT molecular complexity index is 292. The van der Waals surface area contributed by atoms with Crippen LogP contribution >= 0.6 is 0 Å². The van der Waals surface area contributed by atoms with Gasteiger partial charge in [-0.05, 0) is 23.8 Å². The van der Waals surface area contributed by atoms with Crippen molar-refractivity contribution in [3.63, 3.8) is 0 Å². The molecule has 0 unspecified atom stereocenters. The topological polar surface area (TPSA) is 44.0 Å². The van der Waals surface area contributed by atoms with E-state index in [0.29, 0.717) is 0 Å². The van der Waals surface area contributed by atoms with Gasteiger partial charge in [0.15, 0.2) is 0 Å². The van der Waals surface area contributed by atoms with E-state index in [1.807, 2.05) is 6.07 Å². The molecular formula is C9H7NO. The van der Waals surface area contributed by atoms with Crippen LogP contribution in [0.5, 0.6) is 5.75 Å². The average molecular weight is 145 g/mol. The van der Waals surface area contributed by atoms with E-state index in [9.17, 15) is 0 Å². The van der Waals surface area contributed by atoms with Gasteiger partial charge < -0.3 is 5.11 Å². The zero-order chi connectivity index (χ0) is 8.10. The van der Waals surface area contributed by atoms with Crippen LogP contribution in [0.15, 0.2) is 30.3 Å². The van der Waals surface area contributed by atoms with Gasteiger partial charge in [-0.15, -0.1) is 0 Å². The van der Waals surface area contributed by atoms with Crippen molar-refractivity contribution in [2.45, 2.75) is 0 Å². The molecule has 0 atom stereocenters. The summed E-state index contributed by atoms with van der Waals surface area (Å²) >= 11 is 0. The van der Waals surface area contributed by atoms with Crippen molar-refractivity contribution in [2.75, 3.05) is 0 Å². The van der Waals surface area contributed by atoms with Crippen LogP contribution in [0.4, 0.5) is 0 Å². The van der Waals surface area contributed by atoms with E-state index in [2.05, 4.69) is 0 Å². The molecule has 0 spiro atoms. The third-order valence-corrected chi connectivity index (χ3v) is 1.24. The second-order valence-corrected chi connectivity index (χ2v) is 2.05. The molecule has 0 aliphatic carbocycles. The van der Waals surface area contributed by atoms with Gasteiger partial charge in [0.05, 0.1) is 6.07 Å². The van der Waals surface area contributed by atoms with E-state index in [4.69, 9.17) is 10.4 Å². The highest BCUT2D eigenvalue weighted by Gasteiger charge is 1.85. The second-order valence-electron chi connectivity index (χ2n) is 2.05. The summed E-state index contributed by atoms with van der Waals surface area (Å²) in [5, 5.41) is 17.1. The number of phenolic OH excluding ortho intramolecular Hbond substituents is 1. The minimum absolute atomic E-state index is 0.235. The Labute approximate surface area is 65.0 Å². The maximum Gasteiger partial charge on any atom is 0.115 e. The number of nitrogens with zero attached hydrogens (tertiary/aromatic N) is 1. The molecule has 1 aromatic carbocycles. The maximum absolute atomic E-state index is 8.89. The summed E-state index contributed by atoms with van der Waals surface area (Å²) in [5.74, 6) is 0.235. The van der Waals surface area contributed by atoms with Crippen LogP contribution in [0, 0.1) is 11.3 Å². The monoisotopic (exact) mass is 145 g/mol. The molecule has 0 saturated heterocycles. The van der Waals surface area contributed by atoms with Crippen LogP contribution in [0.1, 0.15) is 5.56 Å². The standard InChI is InChI=1S/C9H7NO/c10-7-1-2-8-3-5-9(11)6-4-8/h1-6,11H/b2-1-. The minimum Gasteiger partial charge on any atom is -0.508 e. The van der Waals surface area contributed by atoms with Crippen LogP contribution in [0.3, 0.4) is 0 Å². The number of aromatic hydroxyl groups is 1. The Morgan fingerprint density at radius 1 is 1.27 bits per heavy atom. The summed E-state index contributed by atoms with van der Waals surface area (Å²) in [4.78, 5) is 0. The van der Waals surface area contributed by atoms with Crippen LogP contribution in [-0.4, -0.2) is 5.11 Å². The van der Waals surface area contributed by atoms with Crippen molar-refractivity contribution in [2.24, 2.45) is 0 Å². The molecular weight excluding hydrogens is 138 g/mol. The molecule has 2 nitrogen and oxygen atoms in total. The van der Waals surface area contributed by atoms with Crippen molar-refractivity contribution in [3.05, 3.63) is 35.9 Å². The van der Waals surface area contributed by atoms with E-state index >= 15 is 0 Å². The van der Waals surface area contributed by atoms with E-state index in [-0.39, 0.29) is 5.75 Å². The fourth-order valence-electron chi connectivity index (χ4n) is 0.719. The van der Waals surface area contributed by atoms with Gasteiger partial charge in [-0.25, -0.2) is 0 Å². The first-order chi connectivity index (χ1) is 5.33. The molecule has 1 N–H and O–H groups in total. The number of rotatable bonds is 1. The summed E-state index contributed by atoms with van der Waals surface area (Å²) in [6.45, 7) is 0. The lowest BCUT2D eigenvalue weighted by Gasteiger charge is -1.91. The molecule has 0 heterocycles. The summed E-state index contributed by atoms with van der Waals surface area (Å²) < 4.78 is 0. The number of allylic oxidation sites excluding steroid dienone is 1. The molecule has 0 aromatic heterocycles. The van der Waals surface area contributed by atoms with Crippen LogP contribution in [0.25, 0.3) is 6.08 Å². The Morgan fingerprint density at radius 2 is 1.91 bits per heavy atom. The quantitative estimate of drug-likeness (QED) is 0.613. The predicted molar refractivity (Wildman–Crippen MR) is 42.8 cm³/mol. The van der Waals surface area contributed by atoms with Gasteiger partial charge in [0.2, 0.25) is 0 Å². The lowest BCUT2D eigenvalue weighted by Crippen LogP contribution is -1.68. The smallest absolute Gasteiger partial charge is 0.115 e. The Balaban J connectivity index is 2.84. The van der Waals surface area contributed by atoms with Gasteiger partial charge in [-0.1, -0.05) is 12.1 Å². The van der Waals surface area contributed by atoms with Crippen molar-refractivity contribution in [1.29, 1.82) is 5.26 Å². The number of benzene rings is 1. The van der Waals surface area contributed by atoms with Gasteiger partial charge in [-0.3, -0.25) is 0 Å². The first kappa shape index (κ1) is 7.36. The molecule has 0 saturated carbocycles. The molecule has 0 aliphatic heterocycles. The molecule has 2 heteroatoms. The van der Waals surface area contributed by atoms with Crippen LogP contribution in [-0.2, 0) is 0 Å². The molecule has 1 aromatic rings. The van der Waals surface area contributed by atoms with Gasteiger partial charge in [0, 0.05) is 6.08 Å². The Hall–Kier alpha value is -1.75. The largest absolute Gasteiger partial charge is 0.508 e. The zero-order valence-electron chi connectivity index (χ0n) is 5.86. The summed E-state index contributed by atoms with van der Waals surface area (Å²) in [7, 11) is 0. The highest BCUT2D eigenvalue weighted by Crippen LogP contribution is 2.10. The van der Waals surface area contributed by atoms with Gasteiger partial charge in [-0.2, -0.15) is 5.26 Å². The highest BCUT2D eigenvalue weighted by molar-refractivity contribution is 5.52. The molecule has 54 valence electrons. The summed E-state index contributed by atoms with van der Waals surface area (Å²) in [5.41, 5.74) is 0.907. The molecule has 11 heavy (non-hydrogen) atoms. The number of nitriles is 1. The molecule has 0 aliphatic rings. The van der Waals surface area contributed by atoms with E-state index < -0.39 is 0 Å². The van der Waals surface area contributed by atoms with Gasteiger partial charge in [0.25, 0.3) is 0 Å². The van der Waals surface area contributed by atoms with Crippen molar-refractivity contribution in [1.82, 2.24) is 0 Å². The number of phenols is 1. The molecule has 0 fully saturated rings. The molecule has 1 rings (SSSR count). The number of hydrogen-bond donors (Lipinski definition) is 1.